The molecule has 2 aliphatic rings. The second-order valence-corrected chi connectivity index (χ2v) is 6.03. The Labute approximate surface area is 115 Å². The first-order valence-electron chi connectivity index (χ1n) is 7.72. The maximum atomic E-state index is 12.2. The maximum absolute atomic E-state index is 12.2. The molecule has 1 heterocycles. The summed E-state index contributed by atoms with van der Waals surface area (Å²) in [5.74, 6) is 1.16. The summed E-state index contributed by atoms with van der Waals surface area (Å²) < 4.78 is 0. The van der Waals surface area contributed by atoms with Gasteiger partial charge in [-0.15, -0.1) is 0 Å². The molecule has 2 nitrogen and oxygen atoms in total. The molecule has 0 radical (unpaired) electrons. The summed E-state index contributed by atoms with van der Waals surface area (Å²) in [5, 5.41) is 0. The lowest BCUT2D eigenvalue weighted by Crippen LogP contribution is -2.25. The number of carbonyl (C=O) groups excluding carboxylic acids is 1. The lowest BCUT2D eigenvalue weighted by molar-refractivity contribution is 0.0772. The quantitative estimate of drug-likeness (QED) is 0.798. The zero-order valence-corrected chi connectivity index (χ0v) is 11.6. The molecule has 0 N–H and O–H groups in total. The normalized spacial score (nSPS) is 19.8. The molecule has 0 atom stereocenters. The van der Waals surface area contributed by atoms with Crippen LogP contribution in [0, 0.1) is 5.92 Å². The molecule has 0 saturated heterocycles. The van der Waals surface area contributed by atoms with Crippen molar-refractivity contribution in [2.75, 3.05) is 6.54 Å². The Hall–Kier alpha value is -1.31. The van der Waals surface area contributed by atoms with Crippen LogP contribution < -0.4 is 0 Å². The van der Waals surface area contributed by atoms with Gasteiger partial charge in [0.25, 0.3) is 5.91 Å². The Kier molecular flexibility index (Phi) is 3.86. The van der Waals surface area contributed by atoms with Gasteiger partial charge in [0, 0.05) is 18.7 Å². The second-order valence-electron chi connectivity index (χ2n) is 6.03. The minimum absolute atomic E-state index is 0.235. The third-order valence-corrected chi connectivity index (χ3v) is 4.66. The van der Waals surface area contributed by atoms with Gasteiger partial charge in [0.1, 0.15) is 0 Å². The zero-order valence-electron chi connectivity index (χ0n) is 11.6. The number of hydrogen-bond donors (Lipinski definition) is 0. The van der Waals surface area contributed by atoms with E-state index in [9.17, 15) is 4.79 Å². The molecule has 1 amide bonds. The van der Waals surface area contributed by atoms with E-state index in [1.54, 1.807) is 0 Å². The minimum Gasteiger partial charge on any atom is -0.334 e. The molecule has 0 aromatic heterocycles. The van der Waals surface area contributed by atoms with Crippen molar-refractivity contribution >= 4 is 5.91 Å². The molecule has 1 saturated carbocycles. The Morgan fingerprint density at radius 2 is 1.89 bits per heavy atom. The molecule has 1 fully saturated rings. The number of rotatable bonds is 4. The lowest BCUT2D eigenvalue weighted by atomic mass is 9.86. The van der Waals surface area contributed by atoms with Crippen molar-refractivity contribution in [3.8, 4) is 0 Å². The highest BCUT2D eigenvalue weighted by Gasteiger charge is 2.26. The zero-order chi connectivity index (χ0) is 13.1. The standard InChI is InChI=1S/C17H23NO/c19-17-16-11-5-4-10-15(16)13-18(17)12-6-9-14-7-2-1-3-8-14/h4-5,10-11,14H,1-3,6-9,12-13H2. The van der Waals surface area contributed by atoms with Crippen LogP contribution in [0.25, 0.3) is 0 Å². The van der Waals surface area contributed by atoms with E-state index in [4.69, 9.17) is 0 Å². The van der Waals surface area contributed by atoms with Gasteiger partial charge < -0.3 is 4.90 Å². The largest absolute Gasteiger partial charge is 0.334 e. The number of nitrogens with zero attached hydrogens (tertiary/aromatic N) is 1. The molecule has 0 unspecified atom stereocenters. The van der Waals surface area contributed by atoms with Crippen molar-refractivity contribution in [2.24, 2.45) is 5.92 Å². The molecule has 1 aromatic carbocycles. The van der Waals surface area contributed by atoms with Gasteiger partial charge in [-0.3, -0.25) is 4.79 Å². The average molecular weight is 257 g/mol. The van der Waals surface area contributed by atoms with E-state index in [1.165, 1.54) is 50.5 Å². The molecule has 1 aliphatic carbocycles. The molecular formula is C17H23NO. The number of amides is 1. The Bertz CT molecular complexity index is 448. The van der Waals surface area contributed by atoms with Crippen LogP contribution in [0.1, 0.15) is 60.9 Å². The summed E-state index contributed by atoms with van der Waals surface area (Å²) in [4.78, 5) is 14.2. The van der Waals surface area contributed by atoms with Crippen molar-refractivity contribution in [2.45, 2.75) is 51.5 Å². The number of fused-ring (bicyclic) bond motifs is 1. The molecule has 19 heavy (non-hydrogen) atoms. The molecule has 3 rings (SSSR count). The van der Waals surface area contributed by atoms with E-state index >= 15 is 0 Å². The topological polar surface area (TPSA) is 20.3 Å². The smallest absolute Gasteiger partial charge is 0.254 e. The monoisotopic (exact) mass is 257 g/mol. The van der Waals surface area contributed by atoms with E-state index in [-0.39, 0.29) is 5.91 Å². The fraction of sp³-hybridized carbons (Fsp3) is 0.588. The summed E-state index contributed by atoms with van der Waals surface area (Å²) in [6.45, 7) is 1.75. The van der Waals surface area contributed by atoms with Gasteiger partial charge >= 0.3 is 0 Å². The van der Waals surface area contributed by atoms with Crippen LogP contribution in [0.15, 0.2) is 24.3 Å². The van der Waals surface area contributed by atoms with Crippen LogP contribution in [0.3, 0.4) is 0 Å². The van der Waals surface area contributed by atoms with Crippen LogP contribution in [-0.4, -0.2) is 17.4 Å². The highest BCUT2D eigenvalue weighted by Crippen LogP contribution is 2.28. The molecular weight excluding hydrogens is 234 g/mol. The third kappa shape index (κ3) is 2.83. The van der Waals surface area contributed by atoms with Gasteiger partial charge in [-0.25, -0.2) is 0 Å². The van der Waals surface area contributed by atoms with Gasteiger partial charge in [-0.2, -0.15) is 0 Å². The Morgan fingerprint density at radius 3 is 2.68 bits per heavy atom. The highest BCUT2D eigenvalue weighted by atomic mass is 16.2. The van der Waals surface area contributed by atoms with E-state index in [1.807, 2.05) is 23.1 Å². The molecule has 1 aliphatic heterocycles. The minimum atomic E-state index is 0.235. The first-order valence-corrected chi connectivity index (χ1v) is 7.72. The number of benzene rings is 1. The van der Waals surface area contributed by atoms with Crippen LogP contribution in [0.2, 0.25) is 0 Å². The summed E-state index contributed by atoms with van der Waals surface area (Å²) >= 11 is 0. The van der Waals surface area contributed by atoms with Crippen LogP contribution in [-0.2, 0) is 6.54 Å². The predicted molar refractivity (Wildman–Crippen MR) is 77.0 cm³/mol. The first kappa shape index (κ1) is 12.7. The Balaban J connectivity index is 1.48. The van der Waals surface area contributed by atoms with E-state index < -0.39 is 0 Å². The van der Waals surface area contributed by atoms with E-state index in [0.29, 0.717) is 0 Å². The fourth-order valence-corrected chi connectivity index (χ4v) is 3.54. The van der Waals surface area contributed by atoms with Gasteiger partial charge in [0.15, 0.2) is 0 Å². The summed E-state index contributed by atoms with van der Waals surface area (Å²) in [7, 11) is 0. The van der Waals surface area contributed by atoms with E-state index in [0.717, 1.165) is 24.6 Å². The number of carbonyl (C=O) groups is 1. The van der Waals surface area contributed by atoms with Crippen molar-refractivity contribution in [3.05, 3.63) is 35.4 Å². The summed E-state index contributed by atoms with van der Waals surface area (Å²) in [6.07, 6.45) is 9.56. The predicted octanol–water partition coefficient (Wildman–Crippen LogP) is 4.00. The first-order chi connectivity index (χ1) is 9.34. The van der Waals surface area contributed by atoms with Crippen LogP contribution in [0.5, 0.6) is 0 Å². The lowest BCUT2D eigenvalue weighted by Gasteiger charge is -2.23. The van der Waals surface area contributed by atoms with Gasteiger partial charge in [-0.1, -0.05) is 50.3 Å². The maximum Gasteiger partial charge on any atom is 0.254 e. The molecule has 1 aromatic rings. The Morgan fingerprint density at radius 1 is 1.11 bits per heavy atom. The molecule has 102 valence electrons. The van der Waals surface area contributed by atoms with Gasteiger partial charge in [0.2, 0.25) is 0 Å². The SMILES string of the molecule is O=C1c2ccccc2CN1CCCC1CCCCC1. The van der Waals surface area contributed by atoms with Crippen molar-refractivity contribution < 1.29 is 4.79 Å². The fourth-order valence-electron chi connectivity index (χ4n) is 3.54. The van der Waals surface area contributed by atoms with E-state index in [2.05, 4.69) is 6.07 Å². The molecule has 0 bridgehead atoms. The summed E-state index contributed by atoms with van der Waals surface area (Å²) in [6, 6.07) is 8.02. The molecule has 0 spiro atoms. The van der Waals surface area contributed by atoms with Crippen LogP contribution >= 0.6 is 0 Å². The van der Waals surface area contributed by atoms with Gasteiger partial charge in [-0.05, 0) is 30.4 Å². The van der Waals surface area contributed by atoms with Crippen molar-refractivity contribution in [3.63, 3.8) is 0 Å². The molecule has 2 heteroatoms. The third-order valence-electron chi connectivity index (χ3n) is 4.66. The van der Waals surface area contributed by atoms with Gasteiger partial charge in [0.05, 0.1) is 0 Å². The van der Waals surface area contributed by atoms with Crippen LogP contribution in [0.4, 0.5) is 0 Å². The number of hydrogen-bond acceptors (Lipinski definition) is 1. The summed E-state index contributed by atoms with van der Waals surface area (Å²) in [5.41, 5.74) is 2.12. The van der Waals surface area contributed by atoms with Crippen molar-refractivity contribution in [1.82, 2.24) is 4.90 Å². The average Bonchev–Trinajstić information content (AvgIpc) is 2.78. The highest BCUT2D eigenvalue weighted by molar-refractivity contribution is 5.98. The second kappa shape index (κ2) is 5.77. The van der Waals surface area contributed by atoms with Crippen molar-refractivity contribution in [1.29, 1.82) is 0 Å².